The molecule has 0 unspecified atom stereocenters. The summed E-state index contributed by atoms with van der Waals surface area (Å²) in [6.45, 7) is 5.49. The Hall–Kier alpha value is -0.970. The standard InChI is InChI=1S/C30H54NO3/c1-2-3-4-5-6-7-8-9-10-11-12-13-14-15-17-22-30-33-28-29(34-30)27-32-26-21-20-25-31-23-18-16-19-24-31/h16,18-19,23-24,29-30H,2-15,17,20-22,25-28H2,1H3/q+1/t29-,30-/m0/s1. The molecule has 0 aromatic carbocycles. The van der Waals surface area contributed by atoms with Crippen LogP contribution in [0.4, 0.5) is 0 Å². The van der Waals surface area contributed by atoms with Crippen LogP contribution in [0, 0.1) is 0 Å². The van der Waals surface area contributed by atoms with Gasteiger partial charge in [0, 0.05) is 25.2 Å². The maximum Gasteiger partial charge on any atom is 0.168 e. The SMILES string of the molecule is CCCCCCCCCCCCCCCCC[C@H]1OC[C@H](COCCCC[n+]2ccccc2)O1. The van der Waals surface area contributed by atoms with E-state index in [-0.39, 0.29) is 12.4 Å². The van der Waals surface area contributed by atoms with Crippen LogP contribution in [-0.4, -0.2) is 32.2 Å². The first kappa shape index (κ1) is 29.3. The fourth-order valence-electron chi connectivity index (χ4n) is 4.73. The minimum Gasteiger partial charge on any atom is -0.379 e. The van der Waals surface area contributed by atoms with Gasteiger partial charge in [-0.05, 0) is 19.3 Å². The lowest BCUT2D eigenvalue weighted by Crippen LogP contribution is -2.32. The Bertz CT molecular complexity index is 553. The predicted molar refractivity (Wildman–Crippen MR) is 141 cm³/mol. The summed E-state index contributed by atoms with van der Waals surface area (Å²) in [7, 11) is 0. The molecule has 1 saturated heterocycles. The molecular weight excluding hydrogens is 422 g/mol. The van der Waals surface area contributed by atoms with Crippen LogP contribution in [0.3, 0.4) is 0 Å². The Morgan fingerprint density at radius 3 is 1.91 bits per heavy atom. The van der Waals surface area contributed by atoms with E-state index >= 15 is 0 Å². The fourth-order valence-corrected chi connectivity index (χ4v) is 4.73. The van der Waals surface area contributed by atoms with Crippen LogP contribution in [0.15, 0.2) is 30.6 Å². The van der Waals surface area contributed by atoms with Gasteiger partial charge in [0.25, 0.3) is 0 Å². The van der Waals surface area contributed by atoms with Gasteiger partial charge in [-0.15, -0.1) is 0 Å². The summed E-state index contributed by atoms with van der Waals surface area (Å²) >= 11 is 0. The first-order valence-corrected chi connectivity index (χ1v) is 14.7. The van der Waals surface area contributed by atoms with Gasteiger partial charge in [0.2, 0.25) is 0 Å². The molecule has 0 saturated carbocycles. The molecule has 1 aliphatic heterocycles. The van der Waals surface area contributed by atoms with Crippen molar-refractivity contribution in [3.63, 3.8) is 0 Å². The van der Waals surface area contributed by atoms with Gasteiger partial charge in [-0.2, -0.15) is 0 Å². The van der Waals surface area contributed by atoms with Gasteiger partial charge in [0.1, 0.15) is 12.6 Å². The van der Waals surface area contributed by atoms with E-state index in [0.717, 1.165) is 32.4 Å². The van der Waals surface area contributed by atoms with E-state index in [0.29, 0.717) is 13.2 Å². The highest BCUT2D eigenvalue weighted by Gasteiger charge is 2.25. The molecule has 1 aromatic heterocycles. The van der Waals surface area contributed by atoms with Gasteiger partial charge in [-0.3, -0.25) is 0 Å². The lowest BCUT2D eigenvalue weighted by molar-refractivity contribution is -0.697. The van der Waals surface area contributed by atoms with Crippen molar-refractivity contribution in [2.75, 3.05) is 19.8 Å². The predicted octanol–water partition coefficient (Wildman–Crippen LogP) is 7.77. The highest BCUT2D eigenvalue weighted by Crippen LogP contribution is 2.19. The van der Waals surface area contributed by atoms with Gasteiger partial charge in [-0.25, -0.2) is 4.57 Å². The topological polar surface area (TPSA) is 31.6 Å². The quantitative estimate of drug-likeness (QED) is 0.119. The van der Waals surface area contributed by atoms with Gasteiger partial charge < -0.3 is 14.2 Å². The summed E-state index contributed by atoms with van der Waals surface area (Å²) in [6, 6.07) is 6.20. The van der Waals surface area contributed by atoms with E-state index in [1.165, 1.54) is 96.3 Å². The summed E-state index contributed by atoms with van der Waals surface area (Å²) in [5.41, 5.74) is 0. The minimum absolute atomic E-state index is 0.00921. The molecule has 196 valence electrons. The summed E-state index contributed by atoms with van der Waals surface area (Å²) in [4.78, 5) is 0. The van der Waals surface area contributed by atoms with Crippen molar-refractivity contribution in [3.8, 4) is 0 Å². The third kappa shape index (κ3) is 15.8. The lowest BCUT2D eigenvalue weighted by Gasteiger charge is -2.12. The van der Waals surface area contributed by atoms with Crippen LogP contribution < -0.4 is 4.57 Å². The molecule has 4 nitrogen and oxygen atoms in total. The number of nitrogens with zero attached hydrogens (tertiary/aromatic N) is 1. The van der Waals surface area contributed by atoms with Crippen molar-refractivity contribution in [2.45, 2.75) is 141 Å². The maximum absolute atomic E-state index is 6.01. The molecular formula is C30H54NO3+. The monoisotopic (exact) mass is 476 g/mol. The van der Waals surface area contributed by atoms with E-state index in [4.69, 9.17) is 14.2 Å². The van der Waals surface area contributed by atoms with Crippen LogP contribution in [0.2, 0.25) is 0 Å². The average molecular weight is 477 g/mol. The summed E-state index contributed by atoms with van der Waals surface area (Å²) in [6.07, 6.45) is 28.6. The number of unbranched alkanes of at least 4 members (excludes halogenated alkanes) is 15. The van der Waals surface area contributed by atoms with E-state index in [9.17, 15) is 0 Å². The number of aryl methyl sites for hydroxylation is 1. The van der Waals surface area contributed by atoms with Crippen molar-refractivity contribution in [2.24, 2.45) is 0 Å². The molecule has 0 spiro atoms. The maximum atomic E-state index is 6.01. The molecule has 2 heterocycles. The molecule has 0 aliphatic carbocycles. The molecule has 34 heavy (non-hydrogen) atoms. The third-order valence-electron chi connectivity index (χ3n) is 6.89. The van der Waals surface area contributed by atoms with Crippen molar-refractivity contribution in [1.29, 1.82) is 0 Å². The number of pyridine rings is 1. The largest absolute Gasteiger partial charge is 0.379 e. The summed E-state index contributed by atoms with van der Waals surface area (Å²) < 4.78 is 19.9. The van der Waals surface area contributed by atoms with Crippen LogP contribution in [-0.2, 0) is 20.8 Å². The molecule has 4 heteroatoms. The zero-order valence-electron chi connectivity index (χ0n) is 22.3. The van der Waals surface area contributed by atoms with Crippen molar-refractivity contribution in [3.05, 3.63) is 30.6 Å². The smallest absolute Gasteiger partial charge is 0.168 e. The summed E-state index contributed by atoms with van der Waals surface area (Å²) in [5, 5.41) is 0. The number of hydrogen-bond acceptors (Lipinski definition) is 3. The van der Waals surface area contributed by atoms with Gasteiger partial charge >= 0.3 is 0 Å². The van der Waals surface area contributed by atoms with Crippen LogP contribution >= 0.6 is 0 Å². The lowest BCUT2D eigenvalue weighted by atomic mass is 10.0. The van der Waals surface area contributed by atoms with Crippen molar-refractivity contribution >= 4 is 0 Å². The highest BCUT2D eigenvalue weighted by molar-refractivity contribution is 4.83. The second-order valence-corrected chi connectivity index (χ2v) is 10.2. The zero-order valence-corrected chi connectivity index (χ0v) is 22.3. The highest BCUT2D eigenvalue weighted by atomic mass is 16.7. The third-order valence-corrected chi connectivity index (χ3v) is 6.89. The Labute approximate surface area is 210 Å². The van der Waals surface area contributed by atoms with Crippen molar-refractivity contribution < 1.29 is 18.8 Å². The molecule has 1 aliphatic rings. The minimum atomic E-state index is -0.00921. The number of ether oxygens (including phenoxy) is 3. The Kier molecular flexibility index (Phi) is 18.4. The van der Waals surface area contributed by atoms with Gasteiger partial charge in [0.05, 0.1) is 13.2 Å². The number of hydrogen-bond donors (Lipinski definition) is 0. The average Bonchev–Trinajstić information content (AvgIpc) is 3.32. The van der Waals surface area contributed by atoms with Crippen LogP contribution in [0.5, 0.6) is 0 Å². The van der Waals surface area contributed by atoms with E-state index in [1.54, 1.807) is 0 Å². The van der Waals surface area contributed by atoms with E-state index in [2.05, 4.69) is 42.1 Å². The second-order valence-electron chi connectivity index (χ2n) is 10.2. The van der Waals surface area contributed by atoms with Crippen LogP contribution in [0.1, 0.15) is 122 Å². The number of rotatable bonds is 23. The van der Waals surface area contributed by atoms with E-state index < -0.39 is 0 Å². The molecule has 0 bridgehead atoms. The molecule has 0 amide bonds. The Morgan fingerprint density at radius 1 is 0.706 bits per heavy atom. The summed E-state index contributed by atoms with van der Waals surface area (Å²) in [5.74, 6) is 0. The van der Waals surface area contributed by atoms with Crippen molar-refractivity contribution in [1.82, 2.24) is 0 Å². The fraction of sp³-hybridized carbons (Fsp3) is 0.833. The van der Waals surface area contributed by atoms with E-state index in [1.807, 2.05) is 0 Å². The Morgan fingerprint density at radius 2 is 1.29 bits per heavy atom. The van der Waals surface area contributed by atoms with Crippen LogP contribution in [0.25, 0.3) is 0 Å². The first-order chi connectivity index (χ1) is 16.9. The molecule has 1 fully saturated rings. The second kappa shape index (κ2) is 21.3. The molecule has 0 radical (unpaired) electrons. The molecule has 2 rings (SSSR count). The molecule has 2 atom stereocenters. The normalized spacial score (nSPS) is 18.0. The van der Waals surface area contributed by atoms with Gasteiger partial charge in [0.15, 0.2) is 18.7 Å². The number of aromatic nitrogens is 1. The van der Waals surface area contributed by atoms with Gasteiger partial charge in [-0.1, -0.05) is 103 Å². The Balaban J connectivity index is 1.28. The zero-order chi connectivity index (χ0) is 23.9. The molecule has 1 aromatic rings. The first-order valence-electron chi connectivity index (χ1n) is 14.7. The molecule has 0 N–H and O–H groups in total.